The Morgan fingerprint density at radius 3 is 2.67 bits per heavy atom. The van der Waals surface area contributed by atoms with E-state index in [1.54, 1.807) is 6.07 Å². The highest BCUT2D eigenvalue weighted by Gasteiger charge is 2.41. The van der Waals surface area contributed by atoms with Gasteiger partial charge in [-0.2, -0.15) is 0 Å². The fourth-order valence-corrected chi connectivity index (χ4v) is 8.20. The van der Waals surface area contributed by atoms with Crippen molar-refractivity contribution in [1.29, 1.82) is 0 Å². The number of carbonyl (C=O) groups is 1. The predicted octanol–water partition coefficient (Wildman–Crippen LogP) is 4.92. The van der Waals surface area contributed by atoms with Crippen LogP contribution in [0.15, 0.2) is 41.2 Å². The van der Waals surface area contributed by atoms with Crippen LogP contribution in [0.4, 0.5) is 8.78 Å². The second-order valence-corrected chi connectivity index (χ2v) is 14.4. The molecule has 2 aliphatic rings. The van der Waals surface area contributed by atoms with E-state index < -0.39 is 23.3 Å². The van der Waals surface area contributed by atoms with Crippen LogP contribution in [0.25, 0.3) is 10.2 Å². The van der Waals surface area contributed by atoms with Gasteiger partial charge in [0.1, 0.15) is 11.6 Å². The van der Waals surface area contributed by atoms with E-state index in [2.05, 4.69) is 15.2 Å². The van der Waals surface area contributed by atoms with Crippen LogP contribution in [-0.4, -0.2) is 77.3 Å². The molecule has 2 aliphatic heterocycles. The Balaban J connectivity index is 1.02. The molecule has 0 unspecified atom stereocenters. The molecule has 8 nitrogen and oxygen atoms in total. The number of benzene rings is 2. The average Bonchev–Trinajstić information content (AvgIpc) is 3.64. The van der Waals surface area contributed by atoms with E-state index in [-0.39, 0.29) is 35.9 Å². The van der Waals surface area contributed by atoms with Gasteiger partial charge >= 0.3 is 4.87 Å². The normalized spacial score (nSPS) is 17.8. The zero-order chi connectivity index (χ0) is 31.7. The topological polar surface area (TPSA) is 97.9 Å². The third-order valence-electron chi connectivity index (χ3n) is 8.98. The van der Waals surface area contributed by atoms with Crippen LogP contribution in [0, 0.1) is 25.5 Å². The highest BCUT2D eigenvalue weighted by molar-refractivity contribution is 7.16. The number of halogens is 2. The maximum absolute atomic E-state index is 15.6. The molecule has 0 radical (unpaired) electrons. The number of aromatic amines is 1. The summed E-state index contributed by atoms with van der Waals surface area (Å²) in [6.07, 6.45) is 0.717. The number of likely N-dealkylation sites (tertiary alicyclic amines) is 1. The summed E-state index contributed by atoms with van der Waals surface area (Å²) in [6, 6.07) is 10.3. The lowest BCUT2D eigenvalue weighted by molar-refractivity contribution is -0.127. The second-order valence-electron chi connectivity index (χ2n) is 12.1. The molecule has 240 valence electrons. The first-order valence-corrected chi connectivity index (χ1v) is 16.9. The molecule has 3 N–H and O–H groups in total. The number of amides is 1. The van der Waals surface area contributed by atoms with E-state index in [9.17, 15) is 19.1 Å². The quantitative estimate of drug-likeness (QED) is 0.222. The van der Waals surface area contributed by atoms with Crippen LogP contribution in [-0.2, 0) is 17.7 Å². The smallest absolute Gasteiger partial charge is 0.305 e. The summed E-state index contributed by atoms with van der Waals surface area (Å²) < 4.78 is 37.2. The first-order chi connectivity index (χ1) is 21.6. The largest absolute Gasteiger partial charge is 0.387 e. The molecule has 4 heterocycles. The Kier molecular flexibility index (Phi) is 9.51. The number of nitrogens with one attached hydrogen (secondary N) is 2. The summed E-state index contributed by atoms with van der Waals surface area (Å²) in [5.41, 5.74) is 2.36. The van der Waals surface area contributed by atoms with Crippen molar-refractivity contribution in [2.75, 3.05) is 45.9 Å². The number of thiazole rings is 1. The first kappa shape index (κ1) is 32.0. The Hall–Kier alpha value is -3.00. The number of piperidine rings is 1. The minimum absolute atomic E-state index is 0.0260. The van der Waals surface area contributed by atoms with Gasteiger partial charge in [-0.05, 0) is 63.4 Å². The number of rotatable bonds is 9. The molecule has 4 aromatic rings. The van der Waals surface area contributed by atoms with Crippen LogP contribution in [0.1, 0.15) is 55.7 Å². The number of aliphatic hydroxyl groups excluding tert-OH is 1. The van der Waals surface area contributed by atoms with Crippen LogP contribution in [0.3, 0.4) is 0 Å². The number of hydrogen-bond acceptors (Lipinski definition) is 8. The molecule has 2 aromatic heterocycles. The SMILES string of the molecule is Cc1ccc(C(=O)N2CCOC3(CCN(Cc4ccc(F)c(CCNC[C@H](O)c5ccc(C)c6[nH]c(=O)sc56)c4F)CC3)C2)s1. The van der Waals surface area contributed by atoms with E-state index >= 15 is 4.39 Å². The number of aryl methyl sites for hydroxylation is 2. The molecule has 1 atom stereocenters. The summed E-state index contributed by atoms with van der Waals surface area (Å²) >= 11 is 2.57. The lowest BCUT2D eigenvalue weighted by Gasteiger charge is -2.47. The van der Waals surface area contributed by atoms with Crippen molar-refractivity contribution >= 4 is 38.8 Å². The third-order valence-corrected chi connectivity index (χ3v) is 10.9. The number of nitrogens with zero attached hydrogens (tertiary/aromatic N) is 2. The number of fused-ring (bicyclic) bond motifs is 1. The summed E-state index contributed by atoms with van der Waals surface area (Å²) in [6.45, 7) is 7.71. The molecular weight excluding hydrogens is 619 g/mol. The molecule has 2 saturated heterocycles. The van der Waals surface area contributed by atoms with E-state index in [1.165, 1.54) is 23.5 Å². The Labute approximate surface area is 268 Å². The molecule has 1 spiro atoms. The Bertz CT molecular complexity index is 1740. The number of hydrogen-bond donors (Lipinski definition) is 3. The van der Waals surface area contributed by atoms with Gasteiger partial charge in [0.05, 0.1) is 40.0 Å². The van der Waals surface area contributed by atoms with Gasteiger partial charge in [0.15, 0.2) is 0 Å². The molecule has 45 heavy (non-hydrogen) atoms. The molecule has 0 bridgehead atoms. The monoisotopic (exact) mass is 656 g/mol. The minimum Gasteiger partial charge on any atom is -0.387 e. The van der Waals surface area contributed by atoms with Crippen LogP contribution >= 0.6 is 22.7 Å². The van der Waals surface area contributed by atoms with Crippen LogP contribution < -0.4 is 10.2 Å². The summed E-state index contributed by atoms with van der Waals surface area (Å²) in [5.74, 6) is -1.07. The van der Waals surface area contributed by atoms with Gasteiger partial charge < -0.3 is 25.0 Å². The number of ether oxygens (including phenoxy) is 1. The minimum atomic E-state index is -0.874. The van der Waals surface area contributed by atoms with Crippen molar-refractivity contribution in [3.63, 3.8) is 0 Å². The number of aliphatic hydroxyl groups is 1. The third kappa shape index (κ3) is 6.91. The molecule has 0 aliphatic carbocycles. The van der Waals surface area contributed by atoms with Crippen molar-refractivity contribution in [3.05, 3.63) is 89.7 Å². The molecule has 0 saturated carbocycles. The zero-order valence-corrected chi connectivity index (χ0v) is 27.1. The van der Waals surface area contributed by atoms with Gasteiger partial charge in [0.2, 0.25) is 0 Å². The second kappa shape index (κ2) is 13.4. The predicted molar refractivity (Wildman–Crippen MR) is 173 cm³/mol. The van der Waals surface area contributed by atoms with Gasteiger partial charge in [-0.3, -0.25) is 14.5 Å². The van der Waals surface area contributed by atoms with Gasteiger partial charge in [0.25, 0.3) is 5.91 Å². The number of aromatic nitrogens is 1. The van der Waals surface area contributed by atoms with Crippen molar-refractivity contribution in [2.24, 2.45) is 0 Å². The van der Waals surface area contributed by atoms with Crippen molar-refractivity contribution in [1.82, 2.24) is 20.1 Å². The number of morpholine rings is 1. The average molecular weight is 657 g/mol. The Morgan fingerprint density at radius 2 is 1.91 bits per heavy atom. The van der Waals surface area contributed by atoms with E-state index in [4.69, 9.17) is 4.74 Å². The van der Waals surface area contributed by atoms with Gasteiger partial charge in [-0.25, -0.2) is 8.78 Å². The van der Waals surface area contributed by atoms with Gasteiger partial charge in [-0.15, -0.1) is 11.3 Å². The molecule has 6 rings (SSSR count). The fourth-order valence-electron chi connectivity index (χ4n) is 6.39. The van der Waals surface area contributed by atoms with Crippen LogP contribution in [0.2, 0.25) is 0 Å². The molecule has 1 amide bonds. The van der Waals surface area contributed by atoms with Crippen molar-refractivity contribution in [3.8, 4) is 0 Å². The molecule has 12 heteroatoms. The van der Waals surface area contributed by atoms with Crippen LogP contribution in [0.5, 0.6) is 0 Å². The van der Waals surface area contributed by atoms with E-state index in [1.807, 2.05) is 36.9 Å². The fraction of sp³-hybridized carbons (Fsp3) is 0.455. The summed E-state index contributed by atoms with van der Waals surface area (Å²) in [5, 5.41) is 13.9. The Morgan fingerprint density at radius 1 is 1.11 bits per heavy atom. The van der Waals surface area contributed by atoms with Crippen molar-refractivity contribution < 1.29 is 23.4 Å². The summed E-state index contributed by atoms with van der Waals surface area (Å²) in [4.78, 5) is 33.5. The van der Waals surface area contributed by atoms with Gasteiger partial charge in [0, 0.05) is 54.3 Å². The lowest BCUT2D eigenvalue weighted by Crippen LogP contribution is -2.57. The standard InChI is InChI=1S/C33H38F2N4O4S2/c1-20-3-6-24(30-29(20)37-32(42)45-30)26(40)17-36-12-9-23-25(34)7-5-22(28(23)35)18-38-13-10-33(11-14-38)19-39(15-16-43-33)31(41)27-8-4-21(2)44-27/h3-8,26,36,40H,9-19H2,1-2H3,(H,37,42)/t26-/m0/s1. The lowest BCUT2D eigenvalue weighted by atomic mass is 9.89. The maximum atomic E-state index is 15.6. The van der Waals surface area contributed by atoms with E-state index in [0.717, 1.165) is 49.7 Å². The summed E-state index contributed by atoms with van der Waals surface area (Å²) in [7, 11) is 0. The number of H-pyrrole nitrogens is 1. The van der Waals surface area contributed by atoms with Crippen molar-refractivity contribution in [2.45, 2.75) is 51.4 Å². The number of carbonyl (C=O) groups excluding carboxylic acids is 1. The highest BCUT2D eigenvalue weighted by atomic mass is 32.1. The molecular formula is C33H38F2N4O4S2. The molecule has 2 fully saturated rings. The first-order valence-electron chi connectivity index (χ1n) is 15.3. The number of thiophene rings is 1. The molecule has 2 aromatic carbocycles. The maximum Gasteiger partial charge on any atom is 0.305 e. The highest BCUT2D eigenvalue weighted by Crippen LogP contribution is 2.33. The zero-order valence-electron chi connectivity index (χ0n) is 25.5. The van der Waals surface area contributed by atoms with E-state index in [0.29, 0.717) is 50.5 Å². The van der Waals surface area contributed by atoms with Gasteiger partial charge in [-0.1, -0.05) is 29.5 Å².